The Morgan fingerprint density at radius 1 is 1.27 bits per heavy atom. The molecule has 0 aromatic heterocycles. The van der Waals surface area contributed by atoms with Crippen LogP contribution in [-0.2, 0) is 0 Å². The van der Waals surface area contributed by atoms with Gasteiger partial charge in [-0.2, -0.15) is 0 Å². The topological polar surface area (TPSA) is 84.2 Å². The van der Waals surface area contributed by atoms with Crippen LogP contribution >= 0.6 is 0 Å². The van der Waals surface area contributed by atoms with Crippen molar-refractivity contribution in [2.24, 2.45) is 5.73 Å². The molecule has 0 spiro atoms. The maximum absolute atomic E-state index is 10.8. The highest BCUT2D eigenvalue weighted by Crippen LogP contribution is 1.92. The second-order valence-corrected chi connectivity index (χ2v) is 7.94. The van der Waals surface area contributed by atoms with E-state index < -0.39 is 20.3 Å². The number of nitrogens with two attached hydrogens (primary N) is 1. The lowest BCUT2D eigenvalue weighted by atomic mass is 10.9. The number of imide groups is 1. The largest absolute Gasteiger partial charge is 0.365 e. The molecule has 0 atom stereocenters. The van der Waals surface area contributed by atoms with Crippen molar-refractivity contribution in [3.8, 4) is 0 Å². The third kappa shape index (κ3) is 6.85. The molecule has 0 heterocycles. The van der Waals surface area contributed by atoms with Crippen LogP contribution in [0.25, 0.3) is 0 Å². The second-order valence-electron chi connectivity index (χ2n) is 3.19. The lowest BCUT2D eigenvalue weighted by Crippen LogP contribution is -2.52. The Morgan fingerprint density at radius 3 is 2.00 bits per heavy atom. The molecule has 0 unspecified atom stereocenters. The van der Waals surface area contributed by atoms with Crippen LogP contribution in [0.5, 0.6) is 0 Å². The average molecular weight is 175 g/mol. The predicted octanol–water partition coefficient (Wildman–Crippen LogP) is 0.199. The fourth-order valence-corrected chi connectivity index (χ4v) is 1.23. The van der Waals surface area contributed by atoms with Crippen molar-refractivity contribution in [1.29, 1.82) is 0 Å². The number of carbonyl (C=O) groups excluding carboxylic acids is 2. The van der Waals surface area contributed by atoms with E-state index in [2.05, 4.69) is 4.98 Å². The molecule has 0 aromatic rings. The summed E-state index contributed by atoms with van der Waals surface area (Å²) in [7, 11) is -1.66. The van der Waals surface area contributed by atoms with Gasteiger partial charge < -0.3 is 10.7 Å². The van der Waals surface area contributed by atoms with Crippen LogP contribution < -0.4 is 16.0 Å². The SMILES string of the molecule is C[Si](C)(C)NC(=O)NC(N)=O. The summed E-state index contributed by atoms with van der Waals surface area (Å²) < 4.78 is 0. The van der Waals surface area contributed by atoms with Gasteiger partial charge in [-0.1, -0.05) is 19.6 Å². The Morgan fingerprint density at radius 2 is 1.73 bits per heavy atom. The molecule has 0 aliphatic carbocycles. The highest BCUT2D eigenvalue weighted by atomic mass is 28.3. The standard InChI is InChI=1S/C5H13N3O2Si/c1-11(2,3)8-5(10)7-4(6)9/h1-3H3,(H4,6,7,8,9,10). The van der Waals surface area contributed by atoms with Crippen LogP contribution in [0.15, 0.2) is 0 Å². The van der Waals surface area contributed by atoms with Crippen LogP contribution in [0.4, 0.5) is 9.59 Å². The summed E-state index contributed by atoms with van der Waals surface area (Å²) >= 11 is 0. The molecule has 4 N–H and O–H groups in total. The maximum Gasteiger partial charge on any atom is 0.320 e. The van der Waals surface area contributed by atoms with E-state index in [0.29, 0.717) is 0 Å². The van der Waals surface area contributed by atoms with E-state index in [1.54, 1.807) is 0 Å². The molecule has 11 heavy (non-hydrogen) atoms. The number of hydrogen-bond acceptors (Lipinski definition) is 2. The number of urea groups is 2. The van der Waals surface area contributed by atoms with Crippen molar-refractivity contribution in [3.63, 3.8) is 0 Å². The highest BCUT2D eigenvalue weighted by molar-refractivity contribution is 6.75. The van der Waals surface area contributed by atoms with E-state index in [4.69, 9.17) is 5.73 Å². The zero-order chi connectivity index (χ0) is 9.07. The third-order valence-corrected chi connectivity index (χ3v) is 1.70. The Balaban J connectivity index is 3.80. The van der Waals surface area contributed by atoms with Gasteiger partial charge in [0.05, 0.1) is 0 Å². The first-order valence-electron chi connectivity index (χ1n) is 3.20. The minimum absolute atomic E-state index is 0.517. The first-order valence-corrected chi connectivity index (χ1v) is 6.70. The van der Waals surface area contributed by atoms with Gasteiger partial charge in [-0.3, -0.25) is 5.32 Å². The Hall–Kier alpha value is -1.04. The van der Waals surface area contributed by atoms with E-state index in [9.17, 15) is 9.59 Å². The summed E-state index contributed by atoms with van der Waals surface area (Å²) in [6.45, 7) is 5.81. The molecule has 5 nitrogen and oxygen atoms in total. The van der Waals surface area contributed by atoms with Gasteiger partial charge in [0.2, 0.25) is 0 Å². The minimum atomic E-state index is -1.66. The van der Waals surface area contributed by atoms with Crippen molar-refractivity contribution in [1.82, 2.24) is 10.3 Å². The fraction of sp³-hybridized carbons (Fsp3) is 0.600. The average Bonchev–Trinajstić information content (AvgIpc) is 1.53. The summed E-state index contributed by atoms with van der Waals surface area (Å²) in [5.41, 5.74) is 4.72. The molecule has 0 radical (unpaired) electrons. The molecular formula is C5H13N3O2Si. The summed E-state index contributed by atoms with van der Waals surface area (Å²) in [5, 5.41) is 1.92. The number of hydrogen-bond donors (Lipinski definition) is 3. The normalized spacial score (nSPS) is 10.5. The Labute approximate surface area is 66.4 Å². The number of primary amides is 1. The highest BCUT2D eigenvalue weighted by Gasteiger charge is 2.16. The molecule has 6 heteroatoms. The van der Waals surface area contributed by atoms with E-state index in [0.717, 1.165) is 0 Å². The number of nitrogens with one attached hydrogen (secondary N) is 2. The lowest BCUT2D eigenvalue weighted by molar-refractivity contribution is 0.234. The zero-order valence-electron chi connectivity index (χ0n) is 6.89. The van der Waals surface area contributed by atoms with Gasteiger partial charge >= 0.3 is 12.1 Å². The van der Waals surface area contributed by atoms with Gasteiger partial charge in [0, 0.05) is 0 Å². The molecule has 0 aromatic carbocycles. The quantitative estimate of drug-likeness (QED) is 0.497. The molecule has 0 aliphatic rings. The van der Waals surface area contributed by atoms with Crippen molar-refractivity contribution >= 4 is 20.3 Å². The van der Waals surface area contributed by atoms with Gasteiger partial charge in [0.15, 0.2) is 0 Å². The Kier molecular flexibility index (Phi) is 3.06. The van der Waals surface area contributed by atoms with Crippen LogP contribution in [0, 0.1) is 0 Å². The summed E-state index contributed by atoms with van der Waals surface area (Å²) in [5.74, 6) is 0. The second kappa shape index (κ2) is 3.38. The van der Waals surface area contributed by atoms with Crippen LogP contribution in [-0.4, -0.2) is 20.3 Å². The van der Waals surface area contributed by atoms with Gasteiger partial charge in [0.1, 0.15) is 8.24 Å². The van der Waals surface area contributed by atoms with Gasteiger partial charge in [-0.15, -0.1) is 0 Å². The monoisotopic (exact) mass is 175 g/mol. The molecule has 0 saturated heterocycles. The Bertz CT molecular complexity index is 175. The minimum Gasteiger partial charge on any atom is -0.365 e. The van der Waals surface area contributed by atoms with Gasteiger partial charge in [-0.25, -0.2) is 9.59 Å². The van der Waals surface area contributed by atoms with Crippen molar-refractivity contribution < 1.29 is 9.59 Å². The summed E-state index contributed by atoms with van der Waals surface area (Å²) in [4.78, 5) is 23.6. The lowest BCUT2D eigenvalue weighted by Gasteiger charge is -2.16. The first-order chi connectivity index (χ1) is 4.81. The third-order valence-electron chi connectivity index (χ3n) is 0.725. The molecule has 0 fully saturated rings. The molecule has 64 valence electrons. The maximum atomic E-state index is 10.8. The van der Waals surface area contributed by atoms with Crippen molar-refractivity contribution in [2.45, 2.75) is 19.6 Å². The predicted molar refractivity (Wildman–Crippen MR) is 44.6 cm³/mol. The van der Waals surface area contributed by atoms with Crippen LogP contribution in [0.2, 0.25) is 19.6 Å². The van der Waals surface area contributed by atoms with Gasteiger partial charge in [0.25, 0.3) is 0 Å². The molecule has 4 amide bonds. The first kappa shape index (κ1) is 9.96. The van der Waals surface area contributed by atoms with Crippen molar-refractivity contribution in [2.75, 3.05) is 0 Å². The van der Waals surface area contributed by atoms with E-state index >= 15 is 0 Å². The number of rotatable bonds is 1. The number of carbonyl (C=O) groups is 2. The van der Waals surface area contributed by atoms with Crippen LogP contribution in [0.3, 0.4) is 0 Å². The molecule has 0 bridgehead atoms. The van der Waals surface area contributed by atoms with E-state index in [1.165, 1.54) is 0 Å². The zero-order valence-corrected chi connectivity index (χ0v) is 7.89. The summed E-state index contributed by atoms with van der Waals surface area (Å²) in [6.07, 6.45) is 0. The molecule has 0 rings (SSSR count). The fourth-order valence-electron chi connectivity index (χ4n) is 0.484. The smallest absolute Gasteiger partial charge is 0.320 e. The van der Waals surface area contributed by atoms with Crippen molar-refractivity contribution in [3.05, 3.63) is 0 Å². The number of amides is 4. The van der Waals surface area contributed by atoms with Crippen LogP contribution in [0.1, 0.15) is 0 Å². The molecular weight excluding hydrogens is 162 g/mol. The van der Waals surface area contributed by atoms with E-state index in [-0.39, 0.29) is 0 Å². The van der Waals surface area contributed by atoms with E-state index in [1.807, 2.05) is 25.0 Å². The molecule has 0 aliphatic heterocycles. The van der Waals surface area contributed by atoms with Gasteiger partial charge in [-0.05, 0) is 0 Å². The summed E-state index contributed by atoms with van der Waals surface area (Å²) in [6, 6.07) is -1.35. The molecule has 0 saturated carbocycles.